The van der Waals surface area contributed by atoms with Crippen LogP contribution in [0.2, 0.25) is 0 Å². The second-order valence-electron chi connectivity index (χ2n) is 2.41. The van der Waals surface area contributed by atoms with Crippen LogP contribution in [-0.4, -0.2) is 44.1 Å². The number of aliphatic hydroxyl groups excluding tert-OH is 1. The molecule has 0 aromatic rings. The number of hydrogen-bond donors (Lipinski definition) is 2. The minimum absolute atomic E-state index is 0.537. The van der Waals surface area contributed by atoms with Gasteiger partial charge >= 0.3 is 0 Å². The monoisotopic (exact) mass is 163 g/mol. The van der Waals surface area contributed by atoms with Crippen molar-refractivity contribution in [2.45, 2.75) is 24.7 Å². The molecule has 11 heavy (non-hydrogen) atoms. The van der Waals surface area contributed by atoms with Gasteiger partial charge in [-0.05, 0) is 0 Å². The summed E-state index contributed by atoms with van der Waals surface area (Å²) in [4.78, 5) is 0. The fourth-order valence-electron chi connectivity index (χ4n) is 1.05. The van der Waals surface area contributed by atoms with Gasteiger partial charge in [0, 0.05) is 14.2 Å². The molecule has 0 saturated carbocycles. The average molecular weight is 163 g/mol. The molecular weight excluding hydrogens is 150 g/mol. The van der Waals surface area contributed by atoms with Crippen LogP contribution in [0, 0.1) is 0 Å². The van der Waals surface area contributed by atoms with E-state index in [2.05, 4.69) is 0 Å². The molecule has 1 saturated heterocycles. The second-order valence-corrected chi connectivity index (χ2v) is 2.41. The highest BCUT2D eigenvalue weighted by Gasteiger charge is 2.41. The maximum atomic E-state index is 9.30. The lowest BCUT2D eigenvalue weighted by atomic mass is 10.2. The summed E-state index contributed by atoms with van der Waals surface area (Å²) in [5.41, 5.74) is 5.52. The van der Waals surface area contributed by atoms with Crippen molar-refractivity contribution in [1.29, 1.82) is 0 Å². The molecule has 1 aliphatic rings. The molecular formula is C6H13NO4. The van der Waals surface area contributed by atoms with Crippen molar-refractivity contribution in [3.05, 3.63) is 0 Å². The highest BCUT2D eigenvalue weighted by Crippen LogP contribution is 2.19. The SMILES string of the molecule is CO[C@H]1O[C@H](OC)[C@@H](O)[C@@H]1N. The van der Waals surface area contributed by atoms with Crippen molar-refractivity contribution in [2.75, 3.05) is 14.2 Å². The van der Waals surface area contributed by atoms with Gasteiger partial charge in [-0.1, -0.05) is 0 Å². The lowest BCUT2D eigenvalue weighted by molar-refractivity contribution is -0.200. The Bertz CT molecular complexity index is 114. The van der Waals surface area contributed by atoms with Crippen LogP contribution in [0.3, 0.4) is 0 Å². The summed E-state index contributed by atoms with van der Waals surface area (Å²) in [6.45, 7) is 0. The van der Waals surface area contributed by atoms with E-state index < -0.39 is 24.7 Å². The molecule has 1 rings (SSSR count). The summed E-state index contributed by atoms with van der Waals surface area (Å²) < 4.78 is 14.7. The molecule has 0 aromatic heterocycles. The van der Waals surface area contributed by atoms with Crippen molar-refractivity contribution in [2.24, 2.45) is 5.73 Å². The Balaban J connectivity index is 2.53. The molecule has 1 heterocycles. The Kier molecular flexibility index (Phi) is 2.80. The largest absolute Gasteiger partial charge is 0.386 e. The lowest BCUT2D eigenvalue weighted by Crippen LogP contribution is -2.41. The Labute approximate surface area is 65.0 Å². The lowest BCUT2D eigenvalue weighted by Gasteiger charge is -2.12. The molecule has 1 aliphatic heterocycles. The first-order chi connectivity index (χ1) is 5.20. The third-order valence-electron chi connectivity index (χ3n) is 1.72. The molecule has 3 N–H and O–H groups in total. The number of rotatable bonds is 2. The molecule has 0 bridgehead atoms. The fraction of sp³-hybridized carbons (Fsp3) is 1.00. The van der Waals surface area contributed by atoms with Gasteiger partial charge in [0.1, 0.15) is 6.10 Å². The molecule has 5 nitrogen and oxygen atoms in total. The third-order valence-corrected chi connectivity index (χ3v) is 1.72. The van der Waals surface area contributed by atoms with Crippen LogP contribution in [0.25, 0.3) is 0 Å². The van der Waals surface area contributed by atoms with Crippen LogP contribution in [0.15, 0.2) is 0 Å². The summed E-state index contributed by atoms with van der Waals surface area (Å²) in [6, 6.07) is -0.537. The van der Waals surface area contributed by atoms with Gasteiger partial charge in [-0.25, -0.2) is 0 Å². The zero-order valence-corrected chi connectivity index (χ0v) is 6.56. The van der Waals surface area contributed by atoms with E-state index >= 15 is 0 Å². The van der Waals surface area contributed by atoms with E-state index in [0.29, 0.717) is 0 Å². The van der Waals surface area contributed by atoms with Crippen molar-refractivity contribution in [1.82, 2.24) is 0 Å². The van der Waals surface area contributed by atoms with Crippen molar-refractivity contribution < 1.29 is 19.3 Å². The van der Waals surface area contributed by atoms with Crippen LogP contribution < -0.4 is 5.73 Å². The zero-order valence-electron chi connectivity index (χ0n) is 6.56. The van der Waals surface area contributed by atoms with Crippen LogP contribution in [0.5, 0.6) is 0 Å². The maximum Gasteiger partial charge on any atom is 0.187 e. The van der Waals surface area contributed by atoms with Gasteiger partial charge in [-0.3, -0.25) is 0 Å². The number of methoxy groups -OCH3 is 2. The van der Waals surface area contributed by atoms with E-state index in [1.165, 1.54) is 14.2 Å². The van der Waals surface area contributed by atoms with E-state index in [4.69, 9.17) is 19.9 Å². The summed E-state index contributed by atoms with van der Waals surface area (Å²) in [5.74, 6) is 0. The predicted octanol–water partition coefficient (Wildman–Crippen LogP) is -1.35. The highest BCUT2D eigenvalue weighted by molar-refractivity contribution is 4.84. The van der Waals surface area contributed by atoms with Gasteiger partial charge in [0.15, 0.2) is 12.6 Å². The molecule has 0 aliphatic carbocycles. The third kappa shape index (κ3) is 1.52. The van der Waals surface area contributed by atoms with Crippen molar-refractivity contribution in [3.8, 4) is 0 Å². The fourth-order valence-corrected chi connectivity index (χ4v) is 1.05. The Morgan fingerprint density at radius 3 is 2.09 bits per heavy atom. The van der Waals surface area contributed by atoms with Gasteiger partial charge in [0.05, 0.1) is 6.04 Å². The van der Waals surface area contributed by atoms with Gasteiger partial charge in [-0.2, -0.15) is 0 Å². The van der Waals surface area contributed by atoms with E-state index in [0.717, 1.165) is 0 Å². The van der Waals surface area contributed by atoms with Crippen LogP contribution in [0.1, 0.15) is 0 Å². The second kappa shape index (κ2) is 3.46. The molecule has 5 heteroatoms. The summed E-state index contributed by atoms with van der Waals surface area (Å²) >= 11 is 0. The maximum absolute atomic E-state index is 9.30. The molecule has 0 amide bonds. The van der Waals surface area contributed by atoms with Crippen LogP contribution in [-0.2, 0) is 14.2 Å². The molecule has 0 unspecified atom stereocenters. The Morgan fingerprint density at radius 2 is 1.82 bits per heavy atom. The topological polar surface area (TPSA) is 73.9 Å². The van der Waals surface area contributed by atoms with Crippen LogP contribution in [0.4, 0.5) is 0 Å². The zero-order chi connectivity index (χ0) is 8.43. The normalized spacial score (nSPS) is 44.7. The molecule has 0 aromatic carbocycles. The molecule has 1 fully saturated rings. The summed E-state index contributed by atoms with van der Waals surface area (Å²) in [5, 5.41) is 9.30. The Morgan fingerprint density at radius 1 is 1.27 bits per heavy atom. The van der Waals surface area contributed by atoms with Gasteiger partial charge in [0.2, 0.25) is 0 Å². The molecule has 0 radical (unpaired) electrons. The number of hydrogen-bond acceptors (Lipinski definition) is 5. The van der Waals surface area contributed by atoms with E-state index in [9.17, 15) is 5.11 Å². The Hall–Kier alpha value is -0.200. The minimum atomic E-state index is -0.815. The van der Waals surface area contributed by atoms with Gasteiger partial charge < -0.3 is 25.1 Å². The van der Waals surface area contributed by atoms with Gasteiger partial charge in [0.25, 0.3) is 0 Å². The van der Waals surface area contributed by atoms with E-state index in [1.54, 1.807) is 0 Å². The van der Waals surface area contributed by atoms with Crippen molar-refractivity contribution >= 4 is 0 Å². The first-order valence-electron chi connectivity index (χ1n) is 3.35. The quantitative estimate of drug-likeness (QED) is 0.526. The molecule has 0 spiro atoms. The van der Waals surface area contributed by atoms with Crippen molar-refractivity contribution in [3.63, 3.8) is 0 Å². The first kappa shape index (κ1) is 8.89. The smallest absolute Gasteiger partial charge is 0.187 e. The van der Waals surface area contributed by atoms with E-state index in [1.807, 2.05) is 0 Å². The average Bonchev–Trinajstić information content (AvgIpc) is 2.30. The first-order valence-corrected chi connectivity index (χ1v) is 3.35. The van der Waals surface area contributed by atoms with Gasteiger partial charge in [-0.15, -0.1) is 0 Å². The number of aliphatic hydroxyl groups is 1. The van der Waals surface area contributed by atoms with E-state index in [-0.39, 0.29) is 0 Å². The minimum Gasteiger partial charge on any atom is -0.386 e. The molecule has 4 atom stereocenters. The number of ether oxygens (including phenoxy) is 3. The van der Waals surface area contributed by atoms with Crippen LogP contribution >= 0.6 is 0 Å². The predicted molar refractivity (Wildman–Crippen MR) is 36.7 cm³/mol. The summed E-state index contributed by atoms with van der Waals surface area (Å²) in [6.07, 6.45) is -2.06. The summed E-state index contributed by atoms with van der Waals surface area (Å²) in [7, 11) is 2.91. The number of nitrogens with two attached hydrogens (primary N) is 1. The molecule has 66 valence electrons. The standard InChI is InChI=1S/C6H13NO4/c1-9-5-3(7)4(8)6(10-2)11-5/h3-6,8H,7H2,1-2H3/t3-,4-,5-,6-/m0/s1. The highest BCUT2D eigenvalue weighted by atomic mass is 16.8.